The van der Waals surface area contributed by atoms with Crippen LogP contribution in [-0.2, 0) is 16.1 Å². The predicted molar refractivity (Wildman–Crippen MR) is 70.8 cm³/mol. The van der Waals surface area contributed by atoms with E-state index in [1.54, 1.807) is 12.1 Å². The highest BCUT2D eigenvalue weighted by Gasteiger charge is 2.13. The van der Waals surface area contributed by atoms with E-state index in [2.05, 4.69) is 5.32 Å². The zero-order chi connectivity index (χ0) is 14.3. The molecule has 0 aliphatic carbocycles. The van der Waals surface area contributed by atoms with E-state index in [-0.39, 0.29) is 24.2 Å². The summed E-state index contributed by atoms with van der Waals surface area (Å²) < 4.78 is 12.8. The van der Waals surface area contributed by atoms with E-state index < -0.39 is 0 Å². The molecule has 0 saturated carbocycles. The van der Waals surface area contributed by atoms with Crippen molar-refractivity contribution < 1.29 is 14.0 Å². The van der Waals surface area contributed by atoms with Crippen LogP contribution in [0.15, 0.2) is 24.3 Å². The maximum absolute atomic E-state index is 12.8. The van der Waals surface area contributed by atoms with Crippen LogP contribution in [0.5, 0.6) is 0 Å². The molecule has 0 bridgehead atoms. The third-order valence-electron chi connectivity index (χ3n) is 2.64. The topological polar surface area (TPSA) is 49.4 Å². The van der Waals surface area contributed by atoms with Crippen LogP contribution in [-0.4, -0.2) is 29.8 Å². The van der Waals surface area contributed by atoms with Gasteiger partial charge < -0.3 is 10.2 Å². The minimum Gasteiger partial charge on any atom is -0.355 e. The maximum atomic E-state index is 12.8. The Labute approximate surface area is 112 Å². The second-order valence-corrected chi connectivity index (χ2v) is 4.35. The van der Waals surface area contributed by atoms with Gasteiger partial charge in [-0.15, -0.1) is 0 Å². The van der Waals surface area contributed by atoms with Gasteiger partial charge in [-0.2, -0.15) is 0 Å². The first-order valence-corrected chi connectivity index (χ1v) is 6.29. The molecule has 0 aromatic heterocycles. The lowest BCUT2D eigenvalue weighted by atomic mass is 10.2. The van der Waals surface area contributed by atoms with E-state index in [0.29, 0.717) is 13.1 Å². The molecular formula is C14H19FN2O2. The van der Waals surface area contributed by atoms with Gasteiger partial charge in [0.2, 0.25) is 11.8 Å². The number of carbonyl (C=O) groups is 2. The molecule has 1 rings (SSSR count). The third-order valence-corrected chi connectivity index (χ3v) is 2.64. The summed E-state index contributed by atoms with van der Waals surface area (Å²) in [5.74, 6) is -0.686. The second-order valence-electron chi connectivity index (χ2n) is 4.35. The molecule has 0 fully saturated rings. The molecular weight excluding hydrogens is 247 g/mol. The number of nitrogens with one attached hydrogen (secondary N) is 1. The summed E-state index contributed by atoms with van der Waals surface area (Å²) in [5, 5.41) is 2.72. The average molecular weight is 266 g/mol. The molecule has 1 aromatic carbocycles. The Balaban J connectivity index is 2.60. The van der Waals surface area contributed by atoms with Crippen molar-refractivity contribution >= 4 is 11.8 Å². The van der Waals surface area contributed by atoms with Gasteiger partial charge in [-0.25, -0.2) is 4.39 Å². The summed E-state index contributed by atoms with van der Waals surface area (Å²) in [7, 11) is 0. The monoisotopic (exact) mass is 266 g/mol. The fourth-order valence-electron chi connectivity index (χ4n) is 1.58. The highest BCUT2D eigenvalue weighted by Crippen LogP contribution is 2.06. The summed E-state index contributed by atoms with van der Waals surface area (Å²) in [5.41, 5.74) is 0.792. The standard InChI is InChI=1S/C14H19FN2O2/c1-3-8-16-14(19)10-17(11(2)18)9-12-4-6-13(15)7-5-12/h4-7H,3,8-10H2,1-2H3,(H,16,19). The molecule has 0 unspecified atom stereocenters. The van der Waals surface area contributed by atoms with Crippen LogP contribution >= 0.6 is 0 Å². The summed E-state index contributed by atoms with van der Waals surface area (Å²) in [6, 6.07) is 5.89. The molecule has 1 N–H and O–H groups in total. The maximum Gasteiger partial charge on any atom is 0.239 e. The summed E-state index contributed by atoms with van der Waals surface area (Å²) in [6.07, 6.45) is 0.851. The Bertz CT molecular complexity index is 432. The van der Waals surface area contributed by atoms with Crippen molar-refractivity contribution in [1.82, 2.24) is 10.2 Å². The Hall–Kier alpha value is -1.91. The van der Waals surface area contributed by atoms with E-state index in [1.807, 2.05) is 6.92 Å². The van der Waals surface area contributed by atoms with Gasteiger partial charge in [-0.3, -0.25) is 9.59 Å². The van der Waals surface area contributed by atoms with Crippen molar-refractivity contribution in [2.24, 2.45) is 0 Å². The molecule has 5 heteroatoms. The number of amides is 2. The molecule has 4 nitrogen and oxygen atoms in total. The molecule has 0 radical (unpaired) electrons. The van der Waals surface area contributed by atoms with Crippen molar-refractivity contribution in [2.75, 3.05) is 13.1 Å². The van der Waals surface area contributed by atoms with Crippen LogP contribution in [0, 0.1) is 5.82 Å². The van der Waals surface area contributed by atoms with Gasteiger partial charge in [0, 0.05) is 20.0 Å². The molecule has 0 saturated heterocycles. The molecule has 0 aliphatic heterocycles. The van der Waals surface area contributed by atoms with Gasteiger partial charge in [0.05, 0.1) is 6.54 Å². The first-order chi connectivity index (χ1) is 9.02. The Kier molecular flexibility index (Phi) is 5.99. The van der Waals surface area contributed by atoms with Crippen molar-refractivity contribution in [3.63, 3.8) is 0 Å². The Morgan fingerprint density at radius 2 is 1.89 bits per heavy atom. The SMILES string of the molecule is CCCNC(=O)CN(Cc1ccc(F)cc1)C(C)=O. The van der Waals surface area contributed by atoms with Crippen LogP contribution in [0.3, 0.4) is 0 Å². The summed E-state index contributed by atoms with van der Waals surface area (Å²) in [6.45, 7) is 4.29. The number of carbonyl (C=O) groups excluding carboxylic acids is 2. The van der Waals surface area contributed by atoms with Gasteiger partial charge in [-0.05, 0) is 24.1 Å². The average Bonchev–Trinajstić information content (AvgIpc) is 2.38. The molecule has 104 valence electrons. The summed E-state index contributed by atoms with van der Waals surface area (Å²) in [4.78, 5) is 24.5. The van der Waals surface area contributed by atoms with Gasteiger partial charge in [-0.1, -0.05) is 19.1 Å². The van der Waals surface area contributed by atoms with Crippen molar-refractivity contribution in [2.45, 2.75) is 26.8 Å². The van der Waals surface area contributed by atoms with E-state index in [0.717, 1.165) is 12.0 Å². The normalized spacial score (nSPS) is 10.1. The lowest BCUT2D eigenvalue weighted by Gasteiger charge is -2.20. The van der Waals surface area contributed by atoms with Crippen LogP contribution in [0.1, 0.15) is 25.8 Å². The lowest BCUT2D eigenvalue weighted by molar-refractivity contribution is -0.134. The number of hydrogen-bond donors (Lipinski definition) is 1. The predicted octanol–water partition coefficient (Wildman–Crippen LogP) is 1.70. The number of nitrogens with zero attached hydrogens (tertiary/aromatic N) is 1. The van der Waals surface area contributed by atoms with Gasteiger partial charge in [0.15, 0.2) is 0 Å². The fourth-order valence-corrected chi connectivity index (χ4v) is 1.58. The zero-order valence-electron chi connectivity index (χ0n) is 11.3. The van der Waals surface area contributed by atoms with E-state index in [1.165, 1.54) is 24.0 Å². The minimum atomic E-state index is -0.321. The first kappa shape index (κ1) is 15.1. The van der Waals surface area contributed by atoms with E-state index >= 15 is 0 Å². The number of benzene rings is 1. The smallest absolute Gasteiger partial charge is 0.239 e. The van der Waals surface area contributed by atoms with Gasteiger partial charge in [0.25, 0.3) is 0 Å². The highest BCUT2D eigenvalue weighted by atomic mass is 19.1. The van der Waals surface area contributed by atoms with E-state index in [4.69, 9.17) is 0 Å². The number of halogens is 1. The van der Waals surface area contributed by atoms with Gasteiger partial charge >= 0.3 is 0 Å². The summed E-state index contributed by atoms with van der Waals surface area (Å²) >= 11 is 0. The number of hydrogen-bond acceptors (Lipinski definition) is 2. The quantitative estimate of drug-likeness (QED) is 0.852. The minimum absolute atomic E-state index is 0.0205. The lowest BCUT2D eigenvalue weighted by Crippen LogP contribution is -2.39. The highest BCUT2D eigenvalue weighted by molar-refractivity contribution is 5.83. The molecule has 2 amide bonds. The largest absolute Gasteiger partial charge is 0.355 e. The van der Waals surface area contributed by atoms with Crippen LogP contribution < -0.4 is 5.32 Å². The molecule has 0 atom stereocenters. The molecule has 0 heterocycles. The van der Waals surface area contributed by atoms with Crippen LogP contribution in [0.2, 0.25) is 0 Å². The molecule has 0 spiro atoms. The van der Waals surface area contributed by atoms with Crippen LogP contribution in [0.4, 0.5) is 4.39 Å². The third kappa shape index (κ3) is 5.50. The van der Waals surface area contributed by atoms with Gasteiger partial charge in [0.1, 0.15) is 5.82 Å². The second kappa shape index (κ2) is 7.51. The Morgan fingerprint density at radius 3 is 2.42 bits per heavy atom. The van der Waals surface area contributed by atoms with Crippen molar-refractivity contribution in [3.8, 4) is 0 Å². The van der Waals surface area contributed by atoms with Crippen LogP contribution in [0.25, 0.3) is 0 Å². The molecule has 19 heavy (non-hydrogen) atoms. The molecule has 1 aromatic rings. The molecule has 0 aliphatic rings. The van der Waals surface area contributed by atoms with Crippen molar-refractivity contribution in [1.29, 1.82) is 0 Å². The van der Waals surface area contributed by atoms with E-state index in [9.17, 15) is 14.0 Å². The first-order valence-electron chi connectivity index (χ1n) is 6.29. The zero-order valence-corrected chi connectivity index (χ0v) is 11.3. The van der Waals surface area contributed by atoms with Crippen molar-refractivity contribution in [3.05, 3.63) is 35.6 Å². The Morgan fingerprint density at radius 1 is 1.26 bits per heavy atom. The fraction of sp³-hybridized carbons (Fsp3) is 0.429. The number of rotatable bonds is 6.